The smallest absolute Gasteiger partial charge is 0.0592 e. The highest BCUT2D eigenvalue weighted by Gasteiger charge is 2.44. The Morgan fingerprint density at radius 3 is 1.62 bits per heavy atom. The van der Waals surface area contributed by atoms with Crippen LogP contribution < -0.4 is 0 Å². The highest BCUT2D eigenvalue weighted by Crippen LogP contribution is 2.74. The van der Waals surface area contributed by atoms with Crippen LogP contribution in [0.2, 0.25) is 0 Å². The zero-order valence-electron chi connectivity index (χ0n) is 12.6. The number of benzene rings is 2. The molecule has 0 heterocycles. The molecule has 0 amide bonds. The van der Waals surface area contributed by atoms with E-state index in [-0.39, 0.29) is 0 Å². The van der Waals surface area contributed by atoms with Gasteiger partial charge in [-0.1, -0.05) is 78.3 Å². The van der Waals surface area contributed by atoms with Crippen LogP contribution in [0.25, 0.3) is 0 Å². The van der Waals surface area contributed by atoms with Gasteiger partial charge in [-0.2, -0.15) is 10.0 Å². The van der Waals surface area contributed by atoms with Crippen molar-refractivity contribution in [3.05, 3.63) is 60.7 Å². The van der Waals surface area contributed by atoms with Crippen molar-refractivity contribution in [3.8, 4) is 0 Å². The molecular formula is C19H23IS. The fraction of sp³-hybridized carbons (Fsp3) is 0.368. The van der Waals surface area contributed by atoms with Crippen LogP contribution in [0.4, 0.5) is 0 Å². The van der Waals surface area contributed by atoms with Crippen molar-refractivity contribution in [2.75, 3.05) is 6.26 Å². The average Bonchev–Trinajstić information content (AvgIpc) is 2.56. The van der Waals surface area contributed by atoms with Gasteiger partial charge in [0, 0.05) is 0 Å². The van der Waals surface area contributed by atoms with Crippen molar-refractivity contribution in [2.45, 2.75) is 44.6 Å². The molecule has 0 nitrogen and oxygen atoms in total. The first-order valence-corrected chi connectivity index (χ1v) is 10.9. The molecule has 2 aromatic rings. The van der Waals surface area contributed by atoms with Gasteiger partial charge in [-0.25, -0.2) is 0 Å². The maximum Gasteiger partial charge on any atom is 0.0592 e. The van der Waals surface area contributed by atoms with Gasteiger partial charge in [-0.15, -0.1) is 0 Å². The highest BCUT2D eigenvalue weighted by molar-refractivity contribution is 14.1. The van der Waals surface area contributed by atoms with Gasteiger partial charge in [-0.05, 0) is 53.2 Å². The molecule has 1 aliphatic rings. The van der Waals surface area contributed by atoms with Crippen molar-refractivity contribution < 1.29 is 0 Å². The predicted octanol–water partition coefficient (Wildman–Crippen LogP) is 6.63. The van der Waals surface area contributed by atoms with Gasteiger partial charge >= 0.3 is 0 Å². The summed E-state index contributed by atoms with van der Waals surface area (Å²) in [7, 11) is -1.01. The lowest BCUT2D eigenvalue weighted by molar-refractivity contribution is 0.499. The number of hydrogen-bond donors (Lipinski definition) is 0. The molecule has 2 heteroatoms. The van der Waals surface area contributed by atoms with Gasteiger partial charge in [0.05, 0.1) is 2.75 Å². The van der Waals surface area contributed by atoms with Crippen LogP contribution in [0.1, 0.15) is 32.1 Å². The van der Waals surface area contributed by atoms with Crippen molar-refractivity contribution in [3.63, 3.8) is 0 Å². The summed E-state index contributed by atoms with van der Waals surface area (Å²) in [4.78, 5) is 3.07. The van der Waals surface area contributed by atoms with E-state index in [0.717, 1.165) is 0 Å². The van der Waals surface area contributed by atoms with Gasteiger partial charge < -0.3 is 0 Å². The second-order valence-electron chi connectivity index (χ2n) is 5.99. The van der Waals surface area contributed by atoms with E-state index in [9.17, 15) is 0 Å². The molecule has 0 saturated heterocycles. The maximum atomic E-state index is 2.81. The second kappa shape index (κ2) is 6.33. The lowest BCUT2D eigenvalue weighted by Gasteiger charge is -2.52. The molecule has 0 N–H and O–H groups in total. The van der Waals surface area contributed by atoms with Crippen LogP contribution in [-0.4, -0.2) is 9.01 Å². The zero-order valence-corrected chi connectivity index (χ0v) is 15.6. The molecule has 0 bridgehead atoms. The lowest BCUT2D eigenvalue weighted by atomic mass is 10.0. The molecule has 1 saturated carbocycles. The normalized spacial score (nSPS) is 19.1. The highest BCUT2D eigenvalue weighted by atomic mass is 127. The monoisotopic (exact) mass is 410 g/mol. The topological polar surface area (TPSA) is 0 Å². The van der Waals surface area contributed by atoms with Crippen LogP contribution in [0.5, 0.6) is 0 Å². The van der Waals surface area contributed by atoms with Crippen molar-refractivity contribution in [1.82, 2.24) is 0 Å². The molecule has 0 unspecified atom stereocenters. The minimum absolute atomic E-state index is 0.395. The Labute approximate surface area is 143 Å². The molecule has 0 radical (unpaired) electrons. The Morgan fingerprint density at radius 1 is 0.762 bits per heavy atom. The maximum absolute atomic E-state index is 2.81. The molecule has 112 valence electrons. The predicted molar refractivity (Wildman–Crippen MR) is 103 cm³/mol. The van der Waals surface area contributed by atoms with E-state index in [2.05, 4.69) is 89.5 Å². The molecule has 21 heavy (non-hydrogen) atoms. The van der Waals surface area contributed by atoms with E-state index < -0.39 is 10.0 Å². The second-order valence-corrected chi connectivity index (χ2v) is 12.3. The first-order chi connectivity index (χ1) is 10.2. The van der Waals surface area contributed by atoms with Crippen LogP contribution in [0, 0.1) is 0 Å². The largest absolute Gasteiger partial charge is 0.176 e. The Kier molecular flexibility index (Phi) is 4.65. The molecule has 0 spiro atoms. The first-order valence-electron chi connectivity index (χ1n) is 7.74. The first kappa shape index (κ1) is 15.4. The number of alkyl halides is 1. The molecule has 3 rings (SSSR count). The summed E-state index contributed by atoms with van der Waals surface area (Å²) >= 11 is 2.81. The van der Waals surface area contributed by atoms with Gasteiger partial charge in [-0.3, -0.25) is 0 Å². The van der Waals surface area contributed by atoms with E-state index in [4.69, 9.17) is 0 Å². The van der Waals surface area contributed by atoms with Crippen molar-refractivity contribution >= 4 is 32.6 Å². The molecule has 2 aromatic carbocycles. The number of halogens is 1. The summed E-state index contributed by atoms with van der Waals surface area (Å²) in [6.07, 6.45) is 9.40. The molecule has 0 atom stereocenters. The summed E-state index contributed by atoms with van der Waals surface area (Å²) in [5.74, 6) is 0. The summed E-state index contributed by atoms with van der Waals surface area (Å²) in [6, 6.07) is 22.4. The fourth-order valence-electron chi connectivity index (χ4n) is 3.43. The molecule has 0 aliphatic heterocycles. The van der Waals surface area contributed by atoms with Crippen LogP contribution in [0.15, 0.2) is 70.5 Å². The summed E-state index contributed by atoms with van der Waals surface area (Å²) < 4.78 is 0.395. The zero-order chi connectivity index (χ0) is 14.8. The van der Waals surface area contributed by atoms with Crippen LogP contribution in [0.3, 0.4) is 0 Å². The van der Waals surface area contributed by atoms with Gasteiger partial charge in [0.15, 0.2) is 0 Å². The Hall–Kier alpha value is -0.480. The average molecular weight is 410 g/mol. The van der Waals surface area contributed by atoms with Crippen molar-refractivity contribution in [1.29, 1.82) is 0 Å². The minimum atomic E-state index is -1.01. The van der Waals surface area contributed by atoms with E-state index in [1.807, 2.05) is 0 Å². The fourth-order valence-corrected chi connectivity index (χ4v) is 9.35. The van der Waals surface area contributed by atoms with E-state index >= 15 is 0 Å². The molecule has 1 fully saturated rings. The SMILES string of the molecule is CS(c1ccccc1)(c1ccccc1)C1(I)CCCCC1. The minimum Gasteiger partial charge on any atom is -0.176 e. The number of rotatable bonds is 3. The Balaban J connectivity index is 2.15. The van der Waals surface area contributed by atoms with E-state index in [1.54, 1.807) is 0 Å². The van der Waals surface area contributed by atoms with Crippen molar-refractivity contribution in [2.24, 2.45) is 0 Å². The van der Waals surface area contributed by atoms with Crippen LogP contribution in [-0.2, 0) is 0 Å². The van der Waals surface area contributed by atoms with Gasteiger partial charge in [0.1, 0.15) is 0 Å². The third-order valence-electron chi connectivity index (χ3n) is 4.76. The third kappa shape index (κ3) is 2.77. The van der Waals surface area contributed by atoms with Crippen LogP contribution >= 0.6 is 32.6 Å². The Morgan fingerprint density at radius 2 is 1.19 bits per heavy atom. The third-order valence-corrected chi connectivity index (χ3v) is 12.8. The molecular weight excluding hydrogens is 387 g/mol. The number of hydrogen-bond acceptors (Lipinski definition) is 0. The lowest BCUT2D eigenvalue weighted by Crippen LogP contribution is -2.31. The summed E-state index contributed by atoms with van der Waals surface area (Å²) in [5.41, 5.74) is 0. The quantitative estimate of drug-likeness (QED) is 0.393. The standard InChI is InChI=1S/C19H23IS/c1-21(17-11-5-2-6-12-17,18-13-7-3-8-14-18)19(20)15-9-4-10-16-19/h2-3,5-8,11-14H,4,9-10,15-16H2,1H3. The summed E-state index contributed by atoms with van der Waals surface area (Å²) in [6.45, 7) is 0. The van der Waals surface area contributed by atoms with E-state index in [0.29, 0.717) is 2.75 Å². The van der Waals surface area contributed by atoms with Gasteiger partial charge in [0.25, 0.3) is 0 Å². The Bertz CT molecular complexity index is 534. The molecule has 0 aromatic heterocycles. The van der Waals surface area contributed by atoms with Gasteiger partial charge in [0.2, 0.25) is 0 Å². The summed E-state index contributed by atoms with van der Waals surface area (Å²) in [5, 5.41) is 0. The van der Waals surface area contributed by atoms with E-state index in [1.165, 1.54) is 41.9 Å². The molecule has 1 aliphatic carbocycles.